The Bertz CT molecular complexity index is 1810. The summed E-state index contributed by atoms with van der Waals surface area (Å²) in [6, 6.07) is 31.3. The fraction of sp³-hybridized carbons (Fsp3) is 0. The molecule has 0 atom stereocenters. The van der Waals surface area contributed by atoms with Crippen LogP contribution >= 0.6 is 0 Å². The van der Waals surface area contributed by atoms with Crippen LogP contribution in [0.1, 0.15) is 20.7 Å². The standard InChI is InChI=1S/C29H21N9O2/c39-26(30-22-10-6-9-20(17-22)27(40)34-29-35-37-38-36-29)19-13-15-21(16-14-19)31-28-32-24-12-5-4-11-23(24)25(33-28)18-7-2-1-3-8-18/h1-17H,(H,30,39)(H,31,32,33)(H2,34,35,36,37,38,40). The van der Waals surface area contributed by atoms with E-state index in [-0.39, 0.29) is 11.9 Å². The number of rotatable bonds is 7. The molecule has 2 aromatic heterocycles. The summed E-state index contributed by atoms with van der Waals surface area (Å²) in [7, 11) is 0. The fourth-order valence-corrected chi connectivity index (χ4v) is 4.12. The number of anilines is 4. The summed E-state index contributed by atoms with van der Waals surface area (Å²) in [6.07, 6.45) is 0. The molecule has 6 rings (SSSR count). The van der Waals surface area contributed by atoms with Gasteiger partial charge in [-0.2, -0.15) is 0 Å². The molecule has 0 fully saturated rings. The number of H-pyrrole nitrogens is 1. The van der Waals surface area contributed by atoms with Crippen molar-refractivity contribution in [3.63, 3.8) is 0 Å². The Morgan fingerprint density at radius 2 is 1.45 bits per heavy atom. The zero-order valence-electron chi connectivity index (χ0n) is 20.9. The van der Waals surface area contributed by atoms with Crippen LogP contribution in [0.3, 0.4) is 0 Å². The molecule has 0 aliphatic carbocycles. The molecule has 2 heterocycles. The van der Waals surface area contributed by atoms with Gasteiger partial charge < -0.3 is 10.6 Å². The lowest BCUT2D eigenvalue weighted by Crippen LogP contribution is -2.15. The van der Waals surface area contributed by atoms with Crippen LogP contribution in [0.2, 0.25) is 0 Å². The maximum atomic E-state index is 12.9. The number of fused-ring (bicyclic) bond motifs is 1. The SMILES string of the molecule is O=C(Nc1cccc(C(=O)Nc2nnn[nH]2)c1)c1ccc(Nc2nc(-c3ccccc3)c3ccccc3n2)cc1. The maximum Gasteiger partial charge on any atom is 0.258 e. The fourth-order valence-electron chi connectivity index (χ4n) is 4.12. The first-order valence-electron chi connectivity index (χ1n) is 12.3. The van der Waals surface area contributed by atoms with E-state index in [0.29, 0.717) is 22.8 Å². The second-order valence-electron chi connectivity index (χ2n) is 8.72. The second kappa shape index (κ2) is 10.8. The highest BCUT2D eigenvalue weighted by Gasteiger charge is 2.13. The van der Waals surface area contributed by atoms with Crippen LogP contribution in [-0.2, 0) is 0 Å². The van der Waals surface area contributed by atoms with E-state index in [4.69, 9.17) is 4.98 Å². The molecule has 6 aromatic rings. The maximum absolute atomic E-state index is 12.9. The summed E-state index contributed by atoms with van der Waals surface area (Å²) < 4.78 is 0. The lowest BCUT2D eigenvalue weighted by atomic mass is 10.1. The number of nitrogens with zero attached hydrogens (tertiary/aromatic N) is 5. The van der Waals surface area contributed by atoms with Crippen molar-refractivity contribution in [2.24, 2.45) is 0 Å². The zero-order valence-corrected chi connectivity index (χ0v) is 20.9. The quantitative estimate of drug-likeness (QED) is 0.225. The lowest BCUT2D eigenvalue weighted by Gasteiger charge is -2.11. The molecular formula is C29H21N9O2. The van der Waals surface area contributed by atoms with Crippen molar-refractivity contribution in [2.45, 2.75) is 0 Å². The number of nitrogens with one attached hydrogen (secondary N) is 4. The van der Waals surface area contributed by atoms with Crippen LogP contribution in [0, 0.1) is 0 Å². The minimum absolute atomic E-state index is 0.124. The second-order valence-corrected chi connectivity index (χ2v) is 8.72. The number of aromatic amines is 1. The van der Waals surface area contributed by atoms with Crippen LogP contribution in [0.25, 0.3) is 22.2 Å². The Balaban J connectivity index is 1.17. The van der Waals surface area contributed by atoms with Crippen LogP contribution in [0.4, 0.5) is 23.3 Å². The lowest BCUT2D eigenvalue weighted by molar-refractivity contribution is 0.101. The minimum Gasteiger partial charge on any atom is -0.324 e. The van der Waals surface area contributed by atoms with E-state index >= 15 is 0 Å². The number of hydrogen-bond acceptors (Lipinski definition) is 8. The van der Waals surface area contributed by atoms with E-state index in [2.05, 4.69) is 41.6 Å². The Morgan fingerprint density at radius 3 is 2.25 bits per heavy atom. The van der Waals surface area contributed by atoms with Gasteiger partial charge in [0.1, 0.15) is 0 Å². The van der Waals surface area contributed by atoms with Gasteiger partial charge >= 0.3 is 0 Å². The number of carbonyl (C=O) groups excluding carboxylic acids is 2. The zero-order chi connectivity index (χ0) is 27.3. The number of hydrogen-bond donors (Lipinski definition) is 4. The number of tetrazole rings is 1. The van der Waals surface area contributed by atoms with Gasteiger partial charge in [0.05, 0.1) is 11.2 Å². The smallest absolute Gasteiger partial charge is 0.258 e. The van der Waals surface area contributed by atoms with Crippen LogP contribution < -0.4 is 16.0 Å². The van der Waals surface area contributed by atoms with Gasteiger partial charge in [-0.3, -0.25) is 14.9 Å². The molecule has 4 aromatic carbocycles. The third kappa shape index (κ3) is 5.34. The first-order chi connectivity index (χ1) is 19.6. The first-order valence-corrected chi connectivity index (χ1v) is 12.3. The van der Waals surface area contributed by atoms with Crippen LogP contribution in [0.5, 0.6) is 0 Å². The summed E-state index contributed by atoms with van der Waals surface area (Å²) in [6.45, 7) is 0. The highest BCUT2D eigenvalue weighted by atomic mass is 16.2. The predicted octanol–water partition coefficient (Wildman–Crippen LogP) is 5.06. The van der Waals surface area contributed by atoms with Gasteiger partial charge in [-0.05, 0) is 59.0 Å². The van der Waals surface area contributed by atoms with Gasteiger partial charge in [-0.15, -0.1) is 0 Å². The molecule has 0 aliphatic heterocycles. The molecule has 4 N–H and O–H groups in total. The van der Waals surface area contributed by atoms with Crippen molar-refractivity contribution < 1.29 is 9.59 Å². The van der Waals surface area contributed by atoms with Crippen molar-refractivity contribution in [1.29, 1.82) is 0 Å². The molecule has 11 nitrogen and oxygen atoms in total. The van der Waals surface area contributed by atoms with Gasteiger partial charge in [0.25, 0.3) is 11.8 Å². The topological polar surface area (TPSA) is 150 Å². The van der Waals surface area contributed by atoms with Crippen LogP contribution in [-0.4, -0.2) is 42.4 Å². The van der Waals surface area contributed by atoms with E-state index in [1.54, 1.807) is 48.5 Å². The normalized spacial score (nSPS) is 10.7. The first kappa shape index (κ1) is 24.4. The summed E-state index contributed by atoms with van der Waals surface area (Å²) in [5.74, 6) is -0.169. The van der Waals surface area contributed by atoms with Gasteiger partial charge in [-0.1, -0.05) is 59.7 Å². The summed E-state index contributed by atoms with van der Waals surface area (Å²) in [5.41, 5.74) is 4.62. The number of benzene rings is 4. The average Bonchev–Trinajstić information content (AvgIpc) is 3.51. The Labute approximate surface area is 227 Å². The minimum atomic E-state index is -0.420. The predicted molar refractivity (Wildman–Crippen MR) is 151 cm³/mol. The van der Waals surface area contributed by atoms with Crippen LogP contribution in [0.15, 0.2) is 103 Å². The summed E-state index contributed by atoms with van der Waals surface area (Å²) in [4.78, 5) is 34.8. The summed E-state index contributed by atoms with van der Waals surface area (Å²) in [5, 5.41) is 22.5. The van der Waals surface area contributed by atoms with E-state index in [9.17, 15) is 9.59 Å². The highest BCUT2D eigenvalue weighted by molar-refractivity contribution is 6.07. The third-order valence-electron chi connectivity index (χ3n) is 6.01. The molecule has 0 saturated carbocycles. The largest absolute Gasteiger partial charge is 0.324 e. The third-order valence-corrected chi connectivity index (χ3v) is 6.01. The van der Waals surface area contributed by atoms with Gasteiger partial charge in [-0.25, -0.2) is 15.1 Å². The molecule has 0 aliphatic rings. The Morgan fingerprint density at radius 1 is 0.675 bits per heavy atom. The molecule has 0 bridgehead atoms. The number of carbonyl (C=O) groups is 2. The molecule has 0 spiro atoms. The molecule has 11 heteroatoms. The van der Waals surface area contributed by atoms with Crippen molar-refractivity contribution in [3.8, 4) is 11.3 Å². The van der Waals surface area contributed by atoms with Crippen molar-refractivity contribution in [3.05, 3.63) is 114 Å². The van der Waals surface area contributed by atoms with Gasteiger partial charge in [0, 0.05) is 33.5 Å². The number of para-hydroxylation sites is 1. The molecule has 40 heavy (non-hydrogen) atoms. The highest BCUT2D eigenvalue weighted by Crippen LogP contribution is 2.28. The van der Waals surface area contributed by atoms with Gasteiger partial charge in [0.2, 0.25) is 11.9 Å². The Kier molecular flexibility index (Phi) is 6.58. The van der Waals surface area contributed by atoms with Crippen molar-refractivity contribution in [1.82, 2.24) is 30.6 Å². The van der Waals surface area contributed by atoms with E-state index in [0.717, 1.165) is 27.8 Å². The van der Waals surface area contributed by atoms with Crippen molar-refractivity contribution >= 4 is 46.0 Å². The van der Waals surface area contributed by atoms with Gasteiger partial charge in [0.15, 0.2) is 0 Å². The number of aromatic nitrogens is 6. The van der Waals surface area contributed by atoms with E-state index in [1.807, 2.05) is 54.6 Å². The van der Waals surface area contributed by atoms with E-state index in [1.165, 1.54) is 0 Å². The monoisotopic (exact) mass is 527 g/mol. The molecule has 2 amide bonds. The number of amides is 2. The van der Waals surface area contributed by atoms with E-state index < -0.39 is 5.91 Å². The Hall–Kier alpha value is -5.97. The molecule has 0 radical (unpaired) electrons. The molecule has 0 unspecified atom stereocenters. The molecule has 194 valence electrons. The average molecular weight is 528 g/mol. The molecular weight excluding hydrogens is 506 g/mol. The summed E-state index contributed by atoms with van der Waals surface area (Å²) >= 11 is 0. The molecule has 0 saturated heterocycles. The van der Waals surface area contributed by atoms with Crippen molar-refractivity contribution in [2.75, 3.05) is 16.0 Å².